The van der Waals surface area contributed by atoms with Gasteiger partial charge in [-0.05, 0) is 85.1 Å². The zero-order chi connectivity index (χ0) is 33.0. The number of rotatable bonds is 9. The Kier molecular flexibility index (Phi) is 8.38. The van der Waals surface area contributed by atoms with Crippen molar-refractivity contribution >= 4 is 40.6 Å². The summed E-state index contributed by atoms with van der Waals surface area (Å²) in [6, 6.07) is 52.4. The van der Waals surface area contributed by atoms with Gasteiger partial charge in [0.05, 0.1) is 0 Å². The van der Waals surface area contributed by atoms with E-state index in [1.807, 2.05) is 48.6 Å². The van der Waals surface area contributed by atoms with Gasteiger partial charge in [-0.3, -0.25) is 4.79 Å². The molecule has 0 aliphatic heterocycles. The number of fused-ring (bicyclic) bond motifs is 1. The Labute approximate surface area is 282 Å². The summed E-state index contributed by atoms with van der Waals surface area (Å²) in [6.45, 7) is 8.55. The summed E-state index contributed by atoms with van der Waals surface area (Å²) < 4.78 is 0. The van der Waals surface area contributed by atoms with Crippen molar-refractivity contribution in [1.82, 2.24) is 0 Å². The molecule has 0 atom stereocenters. The Morgan fingerprint density at radius 3 is 1.71 bits per heavy atom. The molecule has 0 N–H and O–H groups in total. The molecular weight excluding hydrogens is 583 g/mol. The molecule has 0 saturated carbocycles. The minimum absolute atomic E-state index is 0.641. The van der Waals surface area contributed by atoms with Gasteiger partial charge in [0, 0.05) is 29.5 Å². The number of benzene rings is 7. The lowest BCUT2D eigenvalue weighted by atomic mass is 9.82. The summed E-state index contributed by atoms with van der Waals surface area (Å²) in [5, 5.41) is 2.27. The quantitative estimate of drug-likeness (QED) is 0.150. The third-order valence-electron chi connectivity index (χ3n) is 9.13. The predicted molar refractivity (Wildman–Crippen MR) is 206 cm³/mol. The van der Waals surface area contributed by atoms with Gasteiger partial charge in [0.2, 0.25) is 0 Å². The summed E-state index contributed by atoms with van der Waals surface area (Å²) in [4.78, 5) is 14.6. The fourth-order valence-electron chi connectivity index (χ4n) is 6.84. The molecule has 7 rings (SSSR count). The van der Waals surface area contributed by atoms with Crippen LogP contribution in [0.1, 0.15) is 21.5 Å². The Morgan fingerprint density at radius 1 is 0.500 bits per heavy atom. The molecule has 0 heterocycles. The van der Waals surface area contributed by atoms with E-state index in [0.29, 0.717) is 5.56 Å². The zero-order valence-electron chi connectivity index (χ0n) is 26.9. The molecule has 0 bridgehead atoms. The van der Waals surface area contributed by atoms with Crippen molar-refractivity contribution in [2.75, 3.05) is 11.9 Å². The van der Waals surface area contributed by atoms with Crippen LogP contribution in [0.25, 0.3) is 67.4 Å². The number of aldehydes is 1. The molecule has 0 amide bonds. The van der Waals surface area contributed by atoms with Gasteiger partial charge in [0.1, 0.15) is 0 Å². The molecule has 0 aliphatic rings. The van der Waals surface area contributed by atoms with Crippen LogP contribution in [0, 0.1) is 0 Å². The highest BCUT2D eigenvalue weighted by Gasteiger charge is 2.21. The van der Waals surface area contributed by atoms with Gasteiger partial charge in [-0.2, -0.15) is 0 Å². The van der Waals surface area contributed by atoms with Gasteiger partial charge in [-0.25, -0.2) is 0 Å². The molecule has 0 aromatic heterocycles. The van der Waals surface area contributed by atoms with Crippen molar-refractivity contribution in [1.29, 1.82) is 0 Å². The topological polar surface area (TPSA) is 20.3 Å². The summed E-state index contributed by atoms with van der Waals surface area (Å²) >= 11 is 0. The first-order valence-corrected chi connectivity index (χ1v) is 16.1. The summed E-state index contributed by atoms with van der Waals surface area (Å²) in [6.07, 6.45) is 4.83. The van der Waals surface area contributed by atoms with Gasteiger partial charge in [-0.15, -0.1) is 0 Å². The molecule has 0 radical (unpaired) electrons. The van der Waals surface area contributed by atoms with Crippen LogP contribution in [0.2, 0.25) is 0 Å². The molecule has 0 spiro atoms. The fraction of sp³-hybridized carbons (Fsp3) is 0.0217. The van der Waals surface area contributed by atoms with Crippen molar-refractivity contribution in [2.45, 2.75) is 0 Å². The molecule has 0 fully saturated rings. The monoisotopic (exact) mass is 617 g/mol. The molecular formula is C46H35NO. The number of nitrogens with zero attached hydrogens (tertiary/aromatic N) is 1. The summed E-state index contributed by atoms with van der Waals surface area (Å²) in [7, 11) is 2.08. The summed E-state index contributed by atoms with van der Waals surface area (Å²) in [5.74, 6) is 0. The van der Waals surface area contributed by atoms with Crippen molar-refractivity contribution in [3.05, 3.63) is 182 Å². The largest absolute Gasteiger partial charge is 0.344 e. The second-order valence-electron chi connectivity index (χ2n) is 11.8. The van der Waals surface area contributed by atoms with Crippen molar-refractivity contribution < 1.29 is 4.79 Å². The van der Waals surface area contributed by atoms with Crippen molar-refractivity contribution in [3.8, 4) is 44.5 Å². The first-order chi connectivity index (χ1) is 23.6. The van der Waals surface area contributed by atoms with Gasteiger partial charge in [0.15, 0.2) is 6.29 Å². The Balaban J connectivity index is 1.48. The Bertz CT molecular complexity index is 2300. The van der Waals surface area contributed by atoms with Gasteiger partial charge in [-0.1, -0.05) is 153 Å². The second kappa shape index (κ2) is 13.2. The molecule has 0 aliphatic carbocycles. The number of hydrogen-bond acceptors (Lipinski definition) is 2. The van der Waals surface area contributed by atoms with Crippen LogP contribution in [0.3, 0.4) is 0 Å². The van der Waals surface area contributed by atoms with E-state index in [9.17, 15) is 4.79 Å². The molecule has 2 nitrogen and oxygen atoms in total. The maximum absolute atomic E-state index is 12.4. The molecule has 7 aromatic carbocycles. The average Bonchev–Trinajstić information content (AvgIpc) is 3.17. The molecule has 48 heavy (non-hydrogen) atoms. The fourth-order valence-corrected chi connectivity index (χ4v) is 6.84. The summed E-state index contributed by atoms with van der Waals surface area (Å²) in [5.41, 5.74) is 13.3. The predicted octanol–water partition coefficient (Wildman–Crippen LogP) is 12.4. The smallest absolute Gasteiger partial charge is 0.150 e. The van der Waals surface area contributed by atoms with E-state index >= 15 is 0 Å². The van der Waals surface area contributed by atoms with Crippen LogP contribution >= 0.6 is 0 Å². The van der Waals surface area contributed by atoms with E-state index in [2.05, 4.69) is 140 Å². The lowest BCUT2D eigenvalue weighted by Crippen LogP contribution is -2.11. The molecule has 230 valence electrons. The third kappa shape index (κ3) is 5.44. The highest BCUT2D eigenvalue weighted by atomic mass is 16.1. The van der Waals surface area contributed by atoms with Crippen LogP contribution in [-0.4, -0.2) is 13.3 Å². The van der Waals surface area contributed by atoms with E-state index in [1.165, 1.54) is 0 Å². The lowest BCUT2D eigenvalue weighted by Gasteiger charge is -2.26. The van der Waals surface area contributed by atoms with Gasteiger partial charge < -0.3 is 4.90 Å². The van der Waals surface area contributed by atoms with Gasteiger partial charge in [0.25, 0.3) is 0 Å². The second-order valence-corrected chi connectivity index (χ2v) is 11.8. The maximum atomic E-state index is 12.4. The number of carbonyl (C=O) groups is 1. The lowest BCUT2D eigenvalue weighted by molar-refractivity contribution is 0.112. The molecule has 0 saturated heterocycles. The first-order valence-electron chi connectivity index (χ1n) is 16.1. The van der Waals surface area contributed by atoms with Crippen LogP contribution in [-0.2, 0) is 0 Å². The van der Waals surface area contributed by atoms with Crippen LogP contribution < -0.4 is 4.90 Å². The van der Waals surface area contributed by atoms with E-state index in [4.69, 9.17) is 0 Å². The molecule has 2 heteroatoms. The van der Waals surface area contributed by atoms with E-state index in [0.717, 1.165) is 84.1 Å². The number of carbonyl (C=O) groups excluding carboxylic acids is 1. The number of hydrogen-bond donors (Lipinski definition) is 0. The van der Waals surface area contributed by atoms with Gasteiger partial charge >= 0.3 is 0 Å². The molecule has 0 unspecified atom stereocenters. The van der Waals surface area contributed by atoms with E-state index in [-0.39, 0.29) is 0 Å². The van der Waals surface area contributed by atoms with Crippen molar-refractivity contribution in [2.24, 2.45) is 0 Å². The minimum Gasteiger partial charge on any atom is -0.344 e. The van der Waals surface area contributed by atoms with Crippen LogP contribution in [0.4, 0.5) is 11.4 Å². The highest BCUT2D eigenvalue weighted by molar-refractivity contribution is 6.12. The molecule has 7 aromatic rings. The Hall–Kier alpha value is -6.25. The van der Waals surface area contributed by atoms with Crippen molar-refractivity contribution in [3.63, 3.8) is 0 Å². The average molecular weight is 618 g/mol. The SMILES string of the molecule is C=Cc1c(C=C)c(-c2ccc(N(C)c3cccc(-c4ccccc4)c3)c(-c3ccccc3C=O)c2)c2ccccc2c1-c1ccccc1. The first kappa shape index (κ1) is 30.4. The maximum Gasteiger partial charge on any atom is 0.150 e. The minimum atomic E-state index is 0.641. The van der Waals surface area contributed by atoms with E-state index in [1.54, 1.807) is 0 Å². The number of anilines is 2. The van der Waals surface area contributed by atoms with Crippen LogP contribution in [0.5, 0.6) is 0 Å². The Morgan fingerprint density at radius 2 is 1.06 bits per heavy atom. The third-order valence-corrected chi connectivity index (χ3v) is 9.13. The van der Waals surface area contributed by atoms with Crippen LogP contribution in [0.15, 0.2) is 165 Å². The highest BCUT2D eigenvalue weighted by Crippen LogP contribution is 2.46. The zero-order valence-corrected chi connectivity index (χ0v) is 26.9. The normalized spacial score (nSPS) is 10.9. The standard InChI is InChI=1S/C46H35NO/c1-4-38-39(5-2)46(42-26-15-14-25-41(42)45(38)33-19-10-7-11-20-33)35-27-28-44(43(30-35)40-24-13-12-21-36(40)31-48)47(3)37-23-16-22-34(29-37)32-17-8-6-9-18-32/h4-31H,1-2H2,3H3. The van der Waals surface area contributed by atoms with E-state index < -0.39 is 0 Å².